The Bertz CT molecular complexity index is 322. The van der Waals surface area contributed by atoms with E-state index in [1.165, 1.54) is 5.56 Å². The van der Waals surface area contributed by atoms with Gasteiger partial charge in [0.25, 0.3) is 0 Å². The Balaban J connectivity index is 2.03. The molecule has 0 saturated carbocycles. The van der Waals surface area contributed by atoms with Crippen molar-refractivity contribution in [2.45, 2.75) is 32.7 Å². The second kappa shape index (κ2) is 7.85. The van der Waals surface area contributed by atoms with Crippen molar-refractivity contribution in [3.63, 3.8) is 0 Å². The molecule has 0 aliphatic carbocycles. The second-order valence-corrected chi connectivity index (χ2v) is 4.49. The van der Waals surface area contributed by atoms with E-state index in [1.54, 1.807) is 0 Å². The molecule has 0 saturated heterocycles. The predicted octanol–water partition coefficient (Wildman–Crippen LogP) is 1.73. The zero-order chi connectivity index (χ0) is 12.5. The number of hydrogen-bond donors (Lipinski definition) is 2. The summed E-state index contributed by atoms with van der Waals surface area (Å²) in [5, 5.41) is 6.00. The van der Waals surface area contributed by atoms with Gasteiger partial charge in [0.2, 0.25) is 5.91 Å². The molecule has 0 radical (unpaired) electrons. The Morgan fingerprint density at radius 3 is 2.59 bits per heavy atom. The number of carbonyl (C=O) groups excluding carboxylic acids is 1. The van der Waals surface area contributed by atoms with Gasteiger partial charge in [0, 0.05) is 6.04 Å². The van der Waals surface area contributed by atoms with Crippen molar-refractivity contribution in [3.8, 4) is 0 Å². The molecule has 0 atom stereocenters. The van der Waals surface area contributed by atoms with Gasteiger partial charge in [0.1, 0.15) is 0 Å². The molecule has 3 heteroatoms. The first-order valence-corrected chi connectivity index (χ1v) is 6.22. The van der Waals surface area contributed by atoms with E-state index < -0.39 is 0 Å². The van der Waals surface area contributed by atoms with Gasteiger partial charge < -0.3 is 10.6 Å². The zero-order valence-electron chi connectivity index (χ0n) is 10.7. The highest BCUT2D eigenvalue weighted by atomic mass is 16.1. The Morgan fingerprint density at radius 2 is 1.94 bits per heavy atom. The van der Waals surface area contributed by atoms with E-state index in [0.29, 0.717) is 6.54 Å². The molecule has 2 N–H and O–H groups in total. The van der Waals surface area contributed by atoms with Gasteiger partial charge in [-0.1, -0.05) is 30.3 Å². The summed E-state index contributed by atoms with van der Waals surface area (Å²) in [7, 11) is 0. The minimum absolute atomic E-state index is 0.0692. The molecule has 0 aliphatic heterocycles. The van der Waals surface area contributed by atoms with Gasteiger partial charge >= 0.3 is 0 Å². The number of amides is 1. The highest BCUT2D eigenvalue weighted by Gasteiger charge is 2.01. The fourth-order valence-electron chi connectivity index (χ4n) is 1.64. The van der Waals surface area contributed by atoms with Crippen LogP contribution >= 0.6 is 0 Å². The minimum Gasteiger partial charge on any atom is -0.353 e. The zero-order valence-corrected chi connectivity index (χ0v) is 10.7. The van der Waals surface area contributed by atoms with Gasteiger partial charge in [-0.3, -0.25) is 4.79 Å². The third-order valence-corrected chi connectivity index (χ3v) is 2.40. The number of nitrogens with one attached hydrogen (secondary N) is 2. The summed E-state index contributed by atoms with van der Waals surface area (Å²) in [5.74, 6) is 0.0692. The van der Waals surface area contributed by atoms with Crippen LogP contribution in [0.4, 0.5) is 0 Å². The molecule has 1 rings (SSSR count). The molecular formula is C14H22N2O. The molecule has 1 amide bonds. The van der Waals surface area contributed by atoms with E-state index in [1.807, 2.05) is 19.9 Å². The minimum atomic E-state index is 0.0692. The van der Waals surface area contributed by atoms with Gasteiger partial charge in [-0.2, -0.15) is 0 Å². The summed E-state index contributed by atoms with van der Waals surface area (Å²) in [6.07, 6.45) is 2.11. The number of aryl methyl sites for hydroxylation is 1. The molecule has 3 nitrogen and oxygen atoms in total. The maximum Gasteiger partial charge on any atom is 0.234 e. The summed E-state index contributed by atoms with van der Waals surface area (Å²) in [4.78, 5) is 11.3. The summed E-state index contributed by atoms with van der Waals surface area (Å²) >= 11 is 0. The average molecular weight is 234 g/mol. The predicted molar refractivity (Wildman–Crippen MR) is 70.9 cm³/mol. The molecule has 0 bridgehead atoms. The summed E-state index contributed by atoms with van der Waals surface area (Å²) in [5.41, 5.74) is 1.35. The highest BCUT2D eigenvalue weighted by Crippen LogP contribution is 2.01. The van der Waals surface area contributed by atoms with Crippen LogP contribution < -0.4 is 10.6 Å². The van der Waals surface area contributed by atoms with Crippen LogP contribution in [-0.2, 0) is 11.2 Å². The fourth-order valence-corrected chi connectivity index (χ4v) is 1.64. The molecular weight excluding hydrogens is 212 g/mol. The van der Waals surface area contributed by atoms with Gasteiger partial charge in [-0.25, -0.2) is 0 Å². The summed E-state index contributed by atoms with van der Waals surface area (Å²) < 4.78 is 0. The van der Waals surface area contributed by atoms with Crippen molar-refractivity contribution in [2.75, 3.05) is 13.1 Å². The third kappa shape index (κ3) is 6.74. The Morgan fingerprint density at radius 1 is 1.24 bits per heavy atom. The fraction of sp³-hybridized carbons (Fsp3) is 0.500. The number of rotatable bonds is 7. The van der Waals surface area contributed by atoms with Crippen LogP contribution in [0.25, 0.3) is 0 Å². The highest BCUT2D eigenvalue weighted by molar-refractivity contribution is 5.78. The smallest absolute Gasteiger partial charge is 0.234 e. The van der Waals surface area contributed by atoms with Crippen LogP contribution in [0.1, 0.15) is 25.8 Å². The lowest BCUT2D eigenvalue weighted by Crippen LogP contribution is -2.38. The van der Waals surface area contributed by atoms with Gasteiger partial charge in [0.15, 0.2) is 0 Å². The van der Waals surface area contributed by atoms with Crippen LogP contribution in [-0.4, -0.2) is 25.0 Å². The molecule has 0 aliphatic rings. The number of carbonyl (C=O) groups is 1. The van der Waals surface area contributed by atoms with Gasteiger partial charge in [0.05, 0.1) is 6.54 Å². The van der Waals surface area contributed by atoms with E-state index in [2.05, 4.69) is 34.9 Å². The topological polar surface area (TPSA) is 41.1 Å². The lowest BCUT2D eigenvalue weighted by molar-refractivity contribution is -0.120. The first kappa shape index (κ1) is 13.7. The van der Waals surface area contributed by atoms with E-state index in [4.69, 9.17) is 0 Å². The number of hydrogen-bond acceptors (Lipinski definition) is 2. The first-order valence-electron chi connectivity index (χ1n) is 6.22. The van der Waals surface area contributed by atoms with Crippen molar-refractivity contribution < 1.29 is 4.79 Å². The van der Waals surface area contributed by atoms with Crippen LogP contribution in [0, 0.1) is 0 Å². The summed E-state index contributed by atoms with van der Waals surface area (Å²) in [6.45, 7) is 5.22. The maximum atomic E-state index is 11.3. The first-order chi connectivity index (χ1) is 8.18. The van der Waals surface area contributed by atoms with E-state index in [-0.39, 0.29) is 11.9 Å². The van der Waals surface area contributed by atoms with Gasteiger partial charge in [-0.15, -0.1) is 0 Å². The Hall–Kier alpha value is -1.35. The van der Waals surface area contributed by atoms with Crippen LogP contribution in [0.5, 0.6) is 0 Å². The molecule has 1 aromatic carbocycles. The van der Waals surface area contributed by atoms with E-state index in [9.17, 15) is 4.79 Å². The average Bonchev–Trinajstić information content (AvgIpc) is 2.29. The molecule has 94 valence electrons. The second-order valence-electron chi connectivity index (χ2n) is 4.49. The quantitative estimate of drug-likeness (QED) is 0.706. The molecule has 0 aromatic heterocycles. The monoisotopic (exact) mass is 234 g/mol. The van der Waals surface area contributed by atoms with Crippen LogP contribution in [0.15, 0.2) is 30.3 Å². The van der Waals surface area contributed by atoms with E-state index in [0.717, 1.165) is 19.4 Å². The Labute approximate surface area is 104 Å². The van der Waals surface area contributed by atoms with Gasteiger partial charge in [-0.05, 0) is 38.8 Å². The maximum absolute atomic E-state index is 11.3. The summed E-state index contributed by atoms with van der Waals surface area (Å²) in [6, 6.07) is 10.6. The van der Waals surface area contributed by atoms with Crippen LogP contribution in [0.2, 0.25) is 0 Å². The normalized spacial score (nSPS) is 10.5. The van der Waals surface area contributed by atoms with Crippen molar-refractivity contribution in [3.05, 3.63) is 35.9 Å². The number of benzene rings is 1. The molecule has 0 fully saturated rings. The van der Waals surface area contributed by atoms with Crippen molar-refractivity contribution >= 4 is 5.91 Å². The lowest BCUT2D eigenvalue weighted by Gasteiger charge is -2.09. The van der Waals surface area contributed by atoms with E-state index >= 15 is 0 Å². The Kier molecular flexibility index (Phi) is 6.33. The standard InChI is InChI=1S/C14H22N2O/c1-12(2)16-14(17)11-15-10-6-9-13-7-4-3-5-8-13/h3-5,7-8,12,15H,6,9-11H2,1-2H3,(H,16,17). The molecule has 0 unspecified atom stereocenters. The largest absolute Gasteiger partial charge is 0.353 e. The molecule has 0 spiro atoms. The molecule has 1 aromatic rings. The third-order valence-electron chi connectivity index (χ3n) is 2.40. The van der Waals surface area contributed by atoms with Crippen molar-refractivity contribution in [1.82, 2.24) is 10.6 Å². The molecule has 0 heterocycles. The molecule has 17 heavy (non-hydrogen) atoms. The SMILES string of the molecule is CC(C)NC(=O)CNCCCc1ccccc1. The van der Waals surface area contributed by atoms with Crippen molar-refractivity contribution in [1.29, 1.82) is 0 Å². The van der Waals surface area contributed by atoms with Crippen LogP contribution in [0.3, 0.4) is 0 Å². The van der Waals surface area contributed by atoms with Crippen molar-refractivity contribution in [2.24, 2.45) is 0 Å². The lowest BCUT2D eigenvalue weighted by atomic mass is 10.1.